The Kier molecular flexibility index (Phi) is 3.47. The molecule has 12 heavy (non-hydrogen) atoms. The molecular weight excluding hydrogens is 163 g/mol. The second-order valence-electron chi connectivity index (χ2n) is 2.92. The molecule has 1 saturated heterocycles. The lowest BCUT2D eigenvalue weighted by Gasteiger charge is -2.24. The third-order valence-electron chi connectivity index (χ3n) is 2.08. The Labute approximate surface area is 70.8 Å². The first-order chi connectivity index (χ1) is 5.74. The van der Waals surface area contributed by atoms with E-state index < -0.39 is 6.17 Å². The molecule has 0 N–H and O–H groups in total. The first-order valence-corrected chi connectivity index (χ1v) is 4.02. The fourth-order valence-corrected chi connectivity index (χ4v) is 1.27. The molecule has 70 valence electrons. The van der Waals surface area contributed by atoms with Crippen molar-refractivity contribution in [3.05, 3.63) is 0 Å². The Morgan fingerprint density at radius 3 is 3.08 bits per heavy atom. The third-order valence-corrected chi connectivity index (χ3v) is 2.08. The van der Waals surface area contributed by atoms with Gasteiger partial charge in [0.05, 0.1) is 20.1 Å². The van der Waals surface area contributed by atoms with Crippen molar-refractivity contribution in [2.24, 2.45) is 5.92 Å². The Balaban J connectivity index is 2.33. The maximum absolute atomic E-state index is 13.0. The average molecular weight is 176 g/mol. The number of carbonyl (C=O) groups is 1. The van der Waals surface area contributed by atoms with E-state index in [9.17, 15) is 9.18 Å². The van der Waals surface area contributed by atoms with Gasteiger partial charge in [-0.05, 0) is 6.42 Å². The van der Waals surface area contributed by atoms with Crippen molar-refractivity contribution in [3.8, 4) is 0 Å². The number of hydrogen-bond acceptors (Lipinski definition) is 3. The van der Waals surface area contributed by atoms with E-state index in [1.807, 2.05) is 0 Å². The topological polar surface area (TPSA) is 35.5 Å². The number of ether oxygens (including phenoxy) is 2. The van der Waals surface area contributed by atoms with Crippen molar-refractivity contribution in [1.82, 2.24) is 0 Å². The molecule has 3 nitrogen and oxygen atoms in total. The van der Waals surface area contributed by atoms with E-state index in [4.69, 9.17) is 4.74 Å². The van der Waals surface area contributed by atoms with Crippen molar-refractivity contribution >= 4 is 5.97 Å². The van der Waals surface area contributed by atoms with Gasteiger partial charge in [-0.15, -0.1) is 0 Å². The van der Waals surface area contributed by atoms with Crippen LogP contribution in [0.15, 0.2) is 0 Å². The summed E-state index contributed by atoms with van der Waals surface area (Å²) < 4.78 is 22.4. The number of rotatable bonds is 2. The smallest absolute Gasteiger partial charge is 0.305 e. The van der Waals surface area contributed by atoms with Gasteiger partial charge in [-0.3, -0.25) is 4.79 Å². The summed E-state index contributed by atoms with van der Waals surface area (Å²) in [6, 6.07) is 0. The van der Waals surface area contributed by atoms with Gasteiger partial charge < -0.3 is 9.47 Å². The number of carbonyl (C=O) groups excluding carboxylic acids is 1. The summed E-state index contributed by atoms with van der Waals surface area (Å²) in [5, 5.41) is 0. The molecule has 1 fully saturated rings. The molecule has 4 heteroatoms. The van der Waals surface area contributed by atoms with Crippen LogP contribution < -0.4 is 0 Å². The second-order valence-corrected chi connectivity index (χ2v) is 2.92. The molecule has 0 aromatic rings. The summed E-state index contributed by atoms with van der Waals surface area (Å²) >= 11 is 0. The summed E-state index contributed by atoms with van der Waals surface area (Å²) in [4.78, 5) is 10.8. The highest BCUT2D eigenvalue weighted by molar-refractivity contribution is 5.69. The zero-order chi connectivity index (χ0) is 8.97. The third kappa shape index (κ3) is 2.44. The van der Waals surface area contributed by atoms with Gasteiger partial charge in [0.1, 0.15) is 6.17 Å². The van der Waals surface area contributed by atoms with E-state index in [2.05, 4.69) is 4.74 Å². The molecule has 0 aromatic heterocycles. The van der Waals surface area contributed by atoms with Gasteiger partial charge in [-0.2, -0.15) is 0 Å². The first kappa shape index (κ1) is 9.45. The molecule has 0 amide bonds. The molecule has 0 unspecified atom stereocenters. The molecular formula is C8H13FO3. The fraction of sp³-hybridized carbons (Fsp3) is 0.875. The molecule has 0 aromatic carbocycles. The SMILES string of the molecule is COC(=O)C[C@@H]1CCOC[C@H]1F. The summed E-state index contributed by atoms with van der Waals surface area (Å²) in [5.41, 5.74) is 0. The van der Waals surface area contributed by atoms with Gasteiger partial charge in [-0.1, -0.05) is 0 Å². The minimum atomic E-state index is -1.02. The maximum Gasteiger partial charge on any atom is 0.305 e. The van der Waals surface area contributed by atoms with Gasteiger partial charge in [0.25, 0.3) is 0 Å². The van der Waals surface area contributed by atoms with Crippen LogP contribution in [0.2, 0.25) is 0 Å². The Morgan fingerprint density at radius 1 is 1.75 bits per heavy atom. The molecule has 1 rings (SSSR count). The molecule has 2 atom stereocenters. The van der Waals surface area contributed by atoms with E-state index in [0.29, 0.717) is 13.0 Å². The van der Waals surface area contributed by atoms with E-state index in [0.717, 1.165) is 0 Å². The molecule has 0 bridgehead atoms. The molecule has 0 aliphatic carbocycles. The molecule has 0 saturated carbocycles. The molecule has 1 aliphatic rings. The van der Waals surface area contributed by atoms with Crippen LogP contribution in [0.4, 0.5) is 4.39 Å². The summed E-state index contributed by atoms with van der Waals surface area (Å²) in [6.07, 6.45) is -0.241. The summed E-state index contributed by atoms with van der Waals surface area (Å²) in [6.45, 7) is 0.656. The number of hydrogen-bond donors (Lipinski definition) is 0. The summed E-state index contributed by atoms with van der Waals surface area (Å²) in [5.74, 6) is -0.559. The molecule has 0 radical (unpaired) electrons. The predicted octanol–water partition coefficient (Wildman–Crippen LogP) is 0.924. The minimum absolute atomic E-state index is 0.113. The predicted molar refractivity (Wildman–Crippen MR) is 40.5 cm³/mol. The van der Waals surface area contributed by atoms with Crippen molar-refractivity contribution in [3.63, 3.8) is 0 Å². The van der Waals surface area contributed by atoms with Crippen LogP contribution >= 0.6 is 0 Å². The highest BCUT2D eigenvalue weighted by Gasteiger charge is 2.27. The quantitative estimate of drug-likeness (QED) is 0.587. The molecule has 0 spiro atoms. The highest BCUT2D eigenvalue weighted by atomic mass is 19.1. The van der Waals surface area contributed by atoms with E-state index in [-0.39, 0.29) is 24.9 Å². The van der Waals surface area contributed by atoms with Crippen molar-refractivity contribution in [2.45, 2.75) is 19.0 Å². The van der Waals surface area contributed by atoms with Crippen LogP contribution in [0.3, 0.4) is 0 Å². The average Bonchev–Trinajstić information content (AvgIpc) is 2.09. The molecule has 1 aliphatic heterocycles. The molecule has 1 heterocycles. The number of esters is 1. The van der Waals surface area contributed by atoms with Crippen molar-refractivity contribution < 1.29 is 18.7 Å². The van der Waals surface area contributed by atoms with Gasteiger partial charge in [0.15, 0.2) is 0 Å². The van der Waals surface area contributed by atoms with Crippen LogP contribution in [-0.2, 0) is 14.3 Å². The lowest BCUT2D eigenvalue weighted by Crippen LogP contribution is -2.30. The minimum Gasteiger partial charge on any atom is -0.469 e. The monoisotopic (exact) mass is 176 g/mol. The van der Waals surface area contributed by atoms with Crippen LogP contribution in [0.25, 0.3) is 0 Å². The highest BCUT2D eigenvalue weighted by Crippen LogP contribution is 2.21. The first-order valence-electron chi connectivity index (χ1n) is 4.02. The zero-order valence-corrected chi connectivity index (χ0v) is 7.09. The number of alkyl halides is 1. The summed E-state index contributed by atoms with van der Waals surface area (Å²) in [7, 11) is 1.31. The number of halogens is 1. The van der Waals surface area contributed by atoms with E-state index in [1.54, 1.807) is 0 Å². The van der Waals surface area contributed by atoms with Crippen LogP contribution in [0.5, 0.6) is 0 Å². The Morgan fingerprint density at radius 2 is 2.50 bits per heavy atom. The lowest BCUT2D eigenvalue weighted by molar-refractivity contribution is -0.143. The fourth-order valence-electron chi connectivity index (χ4n) is 1.27. The largest absolute Gasteiger partial charge is 0.469 e. The van der Waals surface area contributed by atoms with Crippen molar-refractivity contribution in [1.29, 1.82) is 0 Å². The van der Waals surface area contributed by atoms with Crippen LogP contribution in [0.1, 0.15) is 12.8 Å². The van der Waals surface area contributed by atoms with E-state index >= 15 is 0 Å². The van der Waals surface area contributed by atoms with E-state index in [1.165, 1.54) is 7.11 Å². The Bertz CT molecular complexity index is 160. The zero-order valence-electron chi connectivity index (χ0n) is 7.09. The van der Waals surface area contributed by atoms with Gasteiger partial charge in [0, 0.05) is 12.5 Å². The Hall–Kier alpha value is -0.640. The maximum atomic E-state index is 13.0. The second kappa shape index (κ2) is 4.40. The standard InChI is InChI=1S/C8H13FO3/c1-11-8(10)4-6-2-3-12-5-7(6)9/h6-7H,2-5H2,1H3/t6-,7+/m0/s1. The van der Waals surface area contributed by atoms with Gasteiger partial charge >= 0.3 is 5.97 Å². The van der Waals surface area contributed by atoms with Gasteiger partial charge in [0.2, 0.25) is 0 Å². The lowest BCUT2D eigenvalue weighted by atomic mass is 9.95. The van der Waals surface area contributed by atoms with Crippen molar-refractivity contribution in [2.75, 3.05) is 20.3 Å². The normalized spacial score (nSPS) is 29.8. The van der Waals surface area contributed by atoms with Crippen LogP contribution in [0, 0.1) is 5.92 Å². The van der Waals surface area contributed by atoms with Gasteiger partial charge in [-0.25, -0.2) is 4.39 Å². The number of methoxy groups -OCH3 is 1. The van der Waals surface area contributed by atoms with Crippen LogP contribution in [-0.4, -0.2) is 32.5 Å².